The molecule has 13 heavy (non-hydrogen) atoms. The molecule has 74 valence electrons. The molecule has 1 aliphatic rings. The molecule has 2 atom stereocenters. The smallest absolute Gasteiger partial charge is 0.224 e. The fourth-order valence-electron chi connectivity index (χ4n) is 1.50. The van der Waals surface area contributed by atoms with Crippen molar-refractivity contribution in [3.63, 3.8) is 0 Å². The number of ether oxygens (including phenoxy) is 2. The van der Waals surface area contributed by atoms with Gasteiger partial charge in [-0.3, -0.25) is 9.59 Å². The van der Waals surface area contributed by atoms with Gasteiger partial charge in [0.15, 0.2) is 12.1 Å². The predicted octanol–water partition coefficient (Wildman–Crippen LogP) is 0.685. The summed E-state index contributed by atoms with van der Waals surface area (Å²) in [4.78, 5) is 21.3. The van der Waals surface area contributed by atoms with E-state index in [1.165, 1.54) is 0 Å². The molecule has 1 heterocycles. The number of rotatable bonds is 2. The van der Waals surface area contributed by atoms with Crippen molar-refractivity contribution in [3.8, 4) is 0 Å². The maximum Gasteiger partial charge on any atom is 0.224 e. The molecule has 0 aromatic heterocycles. The van der Waals surface area contributed by atoms with Gasteiger partial charge in [0.25, 0.3) is 0 Å². The van der Waals surface area contributed by atoms with Crippen LogP contribution in [-0.4, -0.2) is 30.1 Å². The Labute approximate surface area is 77.2 Å². The Kier molecular flexibility index (Phi) is 2.83. The van der Waals surface area contributed by atoms with Crippen molar-refractivity contribution in [1.29, 1.82) is 0 Å². The summed E-state index contributed by atoms with van der Waals surface area (Å²) in [6, 6.07) is 0. The fourth-order valence-corrected chi connectivity index (χ4v) is 1.50. The first-order valence-electron chi connectivity index (χ1n) is 4.29. The summed E-state index contributed by atoms with van der Waals surface area (Å²) >= 11 is 0. The average molecular weight is 186 g/mol. The molecule has 1 aliphatic heterocycles. The highest BCUT2D eigenvalue weighted by atomic mass is 16.7. The Morgan fingerprint density at radius 2 is 2.08 bits per heavy atom. The number of hydrogen-bond acceptors (Lipinski definition) is 4. The number of carbonyl (C=O) groups excluding carboxylic acids is 2. The molecule has 0 saturated carbocycles. The molecule has 0 N–H and O–H groups in total. The molecule has 0 aromatic rings. The van der Waals surface area contributed by atoms with E-state index < -0.39 is 17.7 Å². The van der Waals surface area contributed by atoms with Gasteiger partial charge >= 0.3 is 0 Å². The molecule has 1 saturated heterocycles. The van der Waals surface area contributed by atoms with Crippen molar-refractivity contribution < 1.29 is 19.1 Å². The van der Waals surface area contributed by atoms with Crippen molar-refractivity contribution in [1.82, 2.24) is 0 Å². The highest BCUT2D eigenvalue weighted by molar-refractivity contribution is 6.27. The molecule has 0 aromatic carbocycles. The maximum atomic E-state index is 11.1. The first kappa shape index (κ1) is 10.3. The normalized spacial score (nSPS) is 32.5. The summed E-state index contributed by atoms with van der Waals surface area (Å²) in [6.45, 7) is 5.32. The van der Waals surface area contributed by atoms with E-state index in [1.54, 1.807) is 13.8 Å². The van der Waals surface area contributed by atoms with E-state index in [4.69, 9.17) is 9.47 Å². The van der Waals surface area contributed by atoms with E-state index in [9.17, 15) is 9.59 Å². The van der Waals surface area contributed by atoms with Gasteiger partial charge in [-0.1, -0.05) is 0 Å². The number of carbonyl (C=O) groups is 2. The van der Waals surface area contributed by atoms with E-state index in [0.717, 1.165) is 0 Å². The molecule has 1 rings (SSSR count). The monoisotopic (exact) mass is 186 g/mol. The van der Waals surface area contributed by atoms with Gasteiger partial charge in [0.2, 0.25) is 5.78 Å². The first-order valence-corrected chi connectivity index (χ1v) is 4.29. The highest BCUT2D eigenvalue weighted by Crippen LogP contribution is 2.26. The van der Waals surface area contributed by atoms with Crippen molar-refractivity contribution in [3.05, 3.63) is 0 Å². The second kappa shape index (κ2) is 3.55. The minimum absolute atomic E-state index is 0.0577. The molecule has 0 spiro atoms. The number of aldehydes is 1. The topological polar surface area (TPSA) is 52.6 Å². The molecular weight excluding hydrogens is 172 g/mol. The second-order valence-corrected chi connectivity index (χ2v) is 3.69. The third-order valence-corrected chi connectivity index (χ3v) is 1.89. The SMILES string of the molecule is CC1CC(C(=O)C=O)OC(C)(C)O1. The zero-order valence-electron chi connectivity index (χ0n) is 8.07. The Morgan fingerprint density at radius 1 is 1.46 bits per heavy atom. The van der Waals surface area contributed by atoms with Crippen LogP contribution >= 0.6 is 0 Å². The van der Waals surface area contributed by atoms with Crippen molar-refractivity contribution in [2.75, 3.05) is 0 Å². The Hall–Kier alpha value is -0.740. The molecule has 1 fully saturated rings. The van der Waals surface area contributed by atoms with E-state index in [-0.39, 0.29) is 6.10 Å². The van der Waals surface area contributed by atoms with Gasteiger partial charge in [-0.25, -0.2) is 0 Å². The van der Waals surface area contributed by atoms with Gasteiger partial charge in [0.1, 0.15) is 6.10 Å². The minimum Gasteiger partial charge on any atom is -0.347 e. The minimum atomic E-state index is -0.777. The van der Waals surface area contributed by atoms with Crippen LogP contribution in [0.2, 0.25) is 0 Å². The van der Waals surface area contributed by atoms with Gasteiger partial charge in [-0.05, 0) is 20.8 Å². The predicted molar refractivity (Wildman–Crippen MR) is 45.2 cm³/mol. The van der Waals surface area contributed by atoms with Crippen LogP contribution in [0.15, 0.2) is 0 Å². The van der Waals surface area contributed by atoms with Crippen LogP contribution in [0.4, 0.5) is 0 Å². The summed E-state index contributed by atoms with van der Waals surface area (Å²) in [5.41, 5.74) is 0. The lowest BCUT2D eigenvalue weighted by molar-refractivity contribution is -0.288. The number of hydrogen-bond donors (Lipinski definition) is 0. The van der Waals surface area contributed by atoms with E-state index in [0.29, 0.717) is 12.7 Å². The largest absolute Gasteiger partial charge is 0.347 e. The third kappa shape index (κ3) is 2.60. The molecule has 0 radical (unpaired) electrons. The lowest BCUT2D eigenvalue weighted by atomic mass is 10.1. The van der Waals surface area contributed by atoms with E-state index in [1.807, 2.05) is 6.92 Å². The number of ketones is 1. The Bertz CT molecular complexity index is 222. The van der Waals surface area contributed by atoms with Crippen LogP contribution in [0.3, 0.4) is 0 Å². The van der Waals surface area contributed by atoms with Crippen molar-refractivity contribution >= 4 is 12.1 Å². The Balaban J connectivity index is 2.68. The van der Waals surface area contributed by atoms with Crippen LogP contribution in [0.5, 0.6) is 0 Å². The van der Waals surface area contributed by atoms with Crippen molar-refractivity contribution in [2.45, 2.75) is 45.2 Å². The van der Waals surface area contributed by atoms with Gasteiger partial charge in [0, 0.05) is 6.42 Å². The summed E-state index contributed by atoms with van der Waals surface area (Å²) in [5, 5.41) is 0. The highest BCUT2D eigenvalue weighted by Gasteiger charge is 2.36. The summed E-state index contributed by atoms with van der Waals surface area (Å²) in [5.74, 6) is -1.29. The lowest BCUT2D eigenvalue weighted by Gasteiger charge is -2.38. The summed E-state index contributed by atoms with van der Waals surface area (Å²) < 4.78 is 10.7. The van der Waals surface area contributed by atoms with Crippen LogP contribution in [-0.2, 0) is 19.1 Å². The average Bonchev–Trinajstić information content (AvgIpc) is 1.99. The van der Waals surface area contributed by atoms with Gasteiger partial charge in [-0.15, -0.1) is 0 Å². The summed E-state index contributed by atoms with van der Waals surface area (Å²) in [6.07, 6.45) is 0.0497. The molecule has 4 nitrogen and oxygen atoms in total. The maximum absolute atomic E-state index is 11.1. The zero-order valence-corrected chi connectivity index (χ0v) is 8.07. The third-order valence-electron chi connectivity index (χ3n) is 1.89. The van der Waals surface area contributed by atoms with Crippen LogP contribution in [0.1, 0.15) is 27.2 Å². The van der Waals surface area contributed by atoms with Gasteiger partial charge in [0.05, 0.1) is 6.10 Å². The molecule has 0 bridgehead atoms. The fraction of sp³-hybridized carbons (Fsp3) is 0.778. The molecule has 0 amide bonds. The quantitative estimate of drug-likeness (QED) is 0.470. The molecule has 0 aliphatic carbocycles. The first-order chi connectivity index (χ1) is 5.94. The van der Waals surface area contributed by atoms with E-state index in [2.05, 4.69) is 0 Å². The second-order valence-electron chi connectivity index (χ2n) is 3.69. The molecule has 2 unspecified atom stereocenters. The lowest BCUT2D eigenvalue weighted by Crippen LogP contribution is -2.46. The van der Waals surface area contributed by atoms with Gasteiger partial charge in [-0.2, -0.15) is 0 Å². The molecular formula is C9H14O4. The van der Waals surface area contributed by atoms with Crippen molar-refractivity contribution in [2.24, 2.45) is 0 Å². The molecule has 4 heteroatoms. The zero-order chi connectivity index (χ0) is 10.1. The van der Waals surface area contributed by atoms with Crippen LogP contribution < -0.4 is 0 Å². The van der Waals surface area contributed by atoms with Crippen LogP contribution in [0.25, 0.3) is 0 Å². The number of Topliss-reactive ketones (excluding diaryl/α,β-unsaturated/α-hetero) is 1. The van der Waals surface area contributed by atoms with E-state index >= 15 is 0 Å². The van der Waals surface area contributed by atoms with Gasteiger partial charge < -0.3 is 9.47 Å². The summed E-state index contributed by atoms with van der Waals surface area (Å²) in [7, 11) is 0. The standard InChI is InChI=1S/C9H14O4/c1-6-4-8(7(11)5-10)13-9(2,3)12-6/h5-6,8H,4H2,1-3H3. The van der Waals surface area contributed by atoms with Crippen LogP contribution in [0, 0.1) is 0 Å². The Morgan fingerprint density at radius 3 is 2.54 bits per heavy atom.